The number of hydrogen-bond donors (Lipinski definition) is 2. The minimum atomic E-state index is -0.639. The first-order chi connectivity index (χ1) is 15.6. The minimum Gasteiger partial charge on any atom is -0.474 e. The number of nitrogens with zero attached hydrogens (tertiary/aromatic N) is 2. The van der Waals surface area contributed by atoms with E-state index in [1.807, 2.05) is 71.4 Å². The minimum absolute atomic E-state index is 0.159. The van der Waals surface area contributed by atoms with E-state index in [2.05, 4.69) is 43.4 Å². The van der Waals surface area contributed by atoms with Crippen molar-refractivity contribution in [2.24, 2.45) is 0 Å². The Bertz CT molecular complexity index is 1110. The van der Waals surface area contributed by atoms with Crippen molar-refractivity contribution in [3.05, 3.63) is 91.0 Å². The van der Waals surface area contributed by atoms with Crippen molar-refractivity contribution in [2.45, 2.75) is 26.0 Å². The highest BCUT2D eigenvalue weighted by atomic mass is 16.5. The second-order valence-electron chi connectivity index (χ2n) is 8.04. The lowest BCUT2D eigenvalue weighted by atomic mass is 10.0. The normalized spacial score (nSPS) is 12.1. The van der Waals surface area contributed by atoms with Gasteiger partial charge in [0.05, 0.1) is 11.3 Å². The average Bonchev–Trinajstić information content (AvgIpc) is 3.22. The highest BCUT2D eigenvalue weighted by Gasteiger charge is 2.23. The molecule has 0 aliphatic rings. The zero-order chi connectivity index (χ0) is 22.3. The van der Waals surface area contributed by atoms with E-state index in [-0.39, 0.29) is 6.61 Å². The zero-order valence-corrected chi connectivity index (χ0v) is 18.5. The van der Waals surface area contributed by atoms with Crippen molar-refractivity contribution >= 4 is 0 Å². The van der Waals surface area contributed by atoms with E-state index in [1.54, 1.807) is 0 Å². The van der Waals surface area contributed by atoms with Gasteiger partial charge in [-0.05, 0) is 17.7 Å². The molecule has 0 amide bonds. The van der Waals surface area contributed by atoms with Crippen molar-refractivity contribution in [1.29, 1.82) is 0 Å². The van der Waals surface area contributed by atoms with Crippen molar-refractivity contribution in [3.63, 3.8) is 0 Å². The first kappa shape index (κ1) is 21.8. The Hall–Kier alpha value is -3.41. The average molecular weight is 428 g/mol. The molecule has 4 aromatic rings. The second kappa shape index (κ2) is 10.3. The van der Waals surface area contributed by atoms with Gasteiger partial charge in [0.1, 0.15) is 18.4 Å². The van der Waals surface area contributed by atoms with Crippen molar-refractivity contribution in [3.8, 4) is 34.0 Å². The Morgan fingerprint density at radius 3 is 2.00 bits per heavy atom. The van der Waals surface area contributed by atoms with Gasteiger partial charge in [-0.15, -0.1) is 0 Å². The zero-order valence-electron chi connectivity index (χ0n) is 18.5. The summed E-state index contributed by atoms with van der Waals surface area (Å²) >= 11 is 0. The van der Waals surface area contributed by atoms with E-state index in [0.29, 0.717) is 18.5 Å². The molecule has 2 N–H and O–H groups in total. The van der Waals surface area contributed by atoms with Crippen LogP contribution in [-0.2, 0) is 0 Å². The molecule has 1 atom stereocenters. The summed E-state index contributed by atoms with van der Waals surface area (Å²) in [5.41, 5.74) is 4.66. The summed E-state index contributed by atoms with van der Waals surface area (Å²) in [5.74, 6) is 0.616. The maximum absolute atomic E-state index is 10.5. The topological polar surface area (TPSA) is 59.3 Å². The molecular weight excluding hydrogens is 398 g/mol. The summed E-state index contributed by atoms with van der Waals surface area (Å²) < 4.78 is 8.11. The summed E-state index contributed by atoms with van der Waals surface area (Å²) in [5, 5.41) is 18.7. The monoisotopic (exact) mass is 427 g/mol. The van der Waals surface area contributed by atoms with Crippen LogP contribution in [0.2, 0.25) is 0 Å². The van der Waals surface area contributed by atoms with Crippen molar-refractivity contribution in [2.75, 3.05) is 13.2 Å². The third-order valence-corrected chi connectivity index (χ3v) is 5.13. The maximum atomic E-state index is 10.5. The lowest BCUT2D eigenvalue weighted by molar-refractivity contribution is 0.101. The molecule has 0 aliphatic heterocycles. The van der Waals surface area contributed by atoms with Gasteiger partial charge >= 0.3 is 0 Å². The van der Waals surface area contributed by atoms with Gasteiger partial charge in [0.25, 0.3) is 0 Å². The van der Waals surface area contributed by atoms with Crippen molar-refractivity contribution < 1.29 is 9.84 Å². The molecule has 1 aromatic heterocycles. The molecule has 0 aliphatic carbocycles. The van der Waals surface area contributed by atoms with E-state index in [4.69, 9.17) is 9.84 Å². The molecule has 3 aromatic carbocycles. The van der Waals surface area contributed by atoms with Gasteiger partial charge in [-0.2, -0.15) is 9.78 Å². The number of aliphatic hydroxyl groups excluding tert-OH is 1. The molecule has 0 spiro atoms. The first-order valence-electron chi connectivity index (χ1n) is 11.0. The fourth-order valence-corrected chi connectivity index (χ4v) is 3.55. The van der Waals surface area contributed by atoms with Crippen LogP contribution < -0.4 is 10.1 Å². The molecule has 32 heavy (non-hydrogen) atoms. The van der Waals surface area contributed by atoms with Crippen molar-refractivity contribution in [1.82, 2.24) is 15.1 Å². The Kier molecular flexibility index (Phi) is 7.00. The van der Waals surface area contributed by atoms with Crippen LogP contribution in [0.5, 0.6) is 5.88 Å². The van der Waals surface area contributed by atoms with Crippen LogP contribution in [0.25, 0.3) is 28.1 Å². The standard InChI is InChI=1S/C27H29N3O2/c1-20(2)28-18-24(31)19-32-27-25(21-12-6-3-7-13-21)26(22-14-8-4-9-15-22)29-30(27)23-16-10-5-11-17-23/h3-17,20,24,28,31H,18-19H2,1-2H3/t24-/m0/s1. The Morgan fingerprint density at radius 2 is 1.41 bits per heavy atom. The van der Waals surface area contributed by atoms with Crippen LogP contribution in [0, 0.1) is 0 Å². The van der Waals surface area contributed by atoms with Gasteiger partial charge in [-0.3, -0.25) is 0 Å². The number of nitrogens with one attached hydrogen (secondary N) is 1. The highest BCUT2D eigenvalue weighted by molar-refractivity contribution is 5.85. The number of ether oxygens (including phenoxy) is 1. The summed E-state index contributed by atoms with van der Waals surface area (Å²) in [7, 11) is 0. The molecule has 0 saturated heterocycles. The molecule has 5 nitrogen and oxygen atoms in total. The molecule has 0 saturated carbocycles. The fourth-order valence-electron chi connectivity index (χ4n) is 3.55. The van der Waals surface area contributed by atoms with E-state index in [9.17, 15) is 5.11 Å². The Labute approximate surface area is 189 Å². The molecule has 5 heteroatoms. The molecule has 164 valence electrons. The molecule has 4 rings (SSSR count). The highest BCUT2D eigenvalue weighted by Crippen LogP contribution is 2.40. The van der Waals surface area contributed by atoms with Crippen LogP contribution in [0.15, 0.2) is 91.0 Å². The third-order valence-electron chi connectivity index (χ3n) is 5.13. The summed E-state index contributed by atoms with van der Waals surface area (Å²) in [6.07, 6.45) is -0.639. The number of benzene rings is 3. The number of rotatable bonds is 9. The molecule has 1 heterocycles. The van der Waals surface area contributed by atoms with Crippen LogP contribution >= 0.6 is 0 Å². The van der Waals surface area contributed by atoms with E-state index >= 15 is 0 Å². The number of hydrogen-bond acceptors (Lipinski definition) is 4. The third kappa shape index (κ3) is 5.07. The smallest absolute Gasteiger partial charge is 0.225 e. The number of aromatic nitrogens is 2. The van der Waals surface area contributed by atoms with Crippen LogP contribution in [0.1, 0.15) is 13.8 Å². The SMILES string of the molecule is CC(C)NC[C@H](O)COc1c(-c2ccccc2)c(-c2ccccc2)nn1-c1ccccc1. The fraction of sp³-hybridized carbons (Fsp3) is 0.222. The summed E-state index contributed by atoms with van der Waals surface area (Å²) in [6.45, 7) is 4.73. The summed E-state index contributed by atoms with van der Waals surface area (Å²) in [4.78, 5) is 0. The van der Waals surface area contributed by atoms with Crippen LogP contribution in [0.3, 0.4) is 0 Å². The van der Waals surface area contributed by atoms with Crippen LogP contribution in [0.4, 0.5) is 0 Å². The largest absolute Gasteiger partial charge is 0.474 e. The molecular formula is C27H29N3O2. The molecule has 0 radical (unpaired) electrons. The molecule has 0 bridgehead atoms. The van der Waals surface area contributed by atoms with Gasteiger partial charge in [0.15, 0.2) is 0 Å². The number of para-hydroxylation sites is 1. The Balaban J connectivity index is 1.82. The maximum Gasteiger partial charge on any atom is 0.225 e. The predicted molar refractivity (Wildman–Crippen MR) is 129 cm³/mol. The first-order valence-corrected chi connectivity index (χ1v) is 11.0. The predicted octanol–water partition coefficient (Wildman–Crippen LogP) is 4.94. The van der Waals surface area contributed by atoms with E-state index in [0.717, 1.165) is 28.1 Å². The molecule has 0 unspecified atom stereocenters. The van der Waals surface area contributed by atoms with Gasteiger partial charge in [-0.1, -0.05) is 92.7 Å². The van der Waals surface area contributed by atoms with E-state index < -0.39 is 6.10 Å². The quantitative estimate of drug-likeness (QED) is 0.397. The van der Waals surface area contributed by atoms with Crippen LogP contribution in [-0.4, -0.2) is 40.2 Å². The number of aliphatic hydroxyl groups is 1. The Morgan fingerprint density at radius 1 is 0.844 bits per heavy atom. The van der Waals surface area contributed by atoms with Gasteiger partial charge in [-0.25, -0.2) is 0 Å². The van der Waals surface area contributed by atoms with Gasteiger partial charge < -0.3 is 15.2 Å². The lowest BCUT2D eigenvalue weighted by Gasteiger charge is -2.17. The van der Waals surface area contributed by atoms with E-state index in [1.165, 1.54) is 0 Å². The van der Waals surface area contributed by atoms with Gasteiger partial charge in [0.2, 0.25) is 5.88 Å². The summed E-state index contributed by atoms with van der Waals surface area (Å²) in [6, 6.07) is 30.5. The molecule has 0 fully saturated rings. The lowest BCUT2D eigenvalue weighted by Crippen LogP contribution is -2.35. The second-order valence-corrected chi connectivity index (χ2v) is 8.04. The van der Waals surface area contributed by atoms with Gasteiger partial charge in [0, 0.05) is 18.2 Å².